The molecular weight excluding hydrogens is 319 g/mol. The molecule has 0 saturated heterocycles. The molecule has 2 nitrogen and oxygen atoms in total. The van der Waals surface area contributed by atoms with Crippen LogP contribution >= 0.6 is 23.2 Å². The molecule has 0 atom stereocenters. The van der Waals surface area contributed by atoms with Crippen LogP contribution in [0.1, 0.15) is 31.8 Å². The molecule has 0 N–H and O–H groups in total. The maximum Gasteiger partial charge on any atom is 0.252 e. The van der Waals surface area contributed by atoms with Crippen LogP contribution in [-0.2, 0) is 0 Å². The van der Waals surface area contributed by atoms with Gasteiger partial charge in [-0.15, -0.1) is 0 Å². The Morgan fingerprint density at radius 2 is 0.955 bits per heavy atom. The third-order valence-corrected chi connectivity index (χ3v) is 3.14. The standard InChI is InChI=1S/C18H8Cl2O2/c19-17(21)15-9-5-13(6-10-15)3-1-2-4-14-7-11-16(12-8-14)18(20)22/h5-12H. The maximum atomic E-state index is 10.9. The van der Waals surface area contributed by atoms with Gasteiger partial charge in [-0.3, -0.25) is 9.59 Å². The zero-order chi connectivity index (χ0) is 15.9. The van der Waals surface area contributed by atoms with Crippen molar-refractivity contribution in [2.45, 2.75) is 0 Å². The third-order valence-electron chi connectivity index (χ3n) is 2.70. The highest BCUT2D eigenvalue weighted by atomic mass is 35.5. The molecule has 2 aromatic rings. The summed E-state index contributed by atoms with van der Waals surface area (Å²) in [7, 11) is 0. The maximum absolute atomic E-state index is 10.9. The Labute approximate surface area is 138 Å². The van der Waals surface area contributed by atoms with E-state index in [4.69, 9.17) is 23.2 Å². The summed E-state index contributed by atoms with van der Waals surface area (Å²) in [5, 5.41) is -1.00. The van der Waals surface area contributed by atoms with Gasteiger partial charge in [0.05, 0.1) is 0 Å². The first-order valence-corrected chi connectivity index (χ1v) is 6.93. The van der Waals surface area contributed by atoms with Crippen LogP contribution in [0.3, 0.4) is 0 Å². The number of carbonyl (C=O) groups is 2. The largest absolute Gasteiger partial charge is 0.276 e. The van der Waals surface area contributed by atoms with Crippen LogP contribution in [0.25, 0.3) is 0 Å². The smallest absolute Gasteiger partial charge is 0.252 e. The van der Waals surface area contributed by atoms with Gasteiger partial charge in [-0.1, -0.05) is 11.8 Å². The highest BCUT2D eigenvalue weighted by Crippen LogP contribution is 2.07. The summed E-state index contributed by atoms with van der Waals surface area (Å²) in [6.07, 6.45) is 0. The Balaban J connectivity index is 2.07. The predicted octanol–water partition coefficient (Wildman–Crippen LogP) is 3.85. The first kappa shape index (κ1) is 15.9. The van der Waals surface area contributed by atoms with Gasteiger partial charge in [0.1, 0.15) is 0 Å². The molecule has 4 heteroatoms. The van der Waals surface area contributed by atoms with E-state index in [1.807, 2.05) is 0 Å². The molecule has 0 aliphatic carbocycles. The Hall–Kier alpha value is -2.52. The van der Waals surface area contributed by atoms with Crippen molar-refractivity contribution in [1.29, 1.82) is 0 Å². The van der Waals surface area contributed by atoms with E-state index in [-0.39, 0.29) is 0 Å². The first-order chi connectivity index (χ1) is 10.6. The molecule has 0 amide bonds. The number of benzene rings is 2. The van der Waals surface area contributed by atoms with Gasteiger partial charge in [-0.2, -0.15) is 0 Å². The molecule has 0 aliphatic heterocycles. The fourth-order valence-corrected chi connectivity index (χ4v) is 1.83. The van der Waals surface area contributed by atoms with Gasteiger partial charge in [0.15, 0.2) is 0 Å². The van der Waals surface area contributed by atoms with Crippen LogP contribution in [0.5, 0.6) is 0 Å². The van der Waals surface area contributed by atoms with E-state index < -0.39 is 10.5 Å². The van der Waals surface area contributed by atoms with Gasteiger partial charge in [0.2, 0.25) is 0 Å². The second-order valence-electron chi connectivity index (χ2n) is 4.20. The molecule has 0 spiro atoms. The minimum Gasteiger partial charge on any atom is -0.276 e. The fraction of sp³-hybridized carbons (Fsp3) is 0. The van der Waals surface area contributed by atoms with Crippen LogP contribution in [0.2, 0.25) is 0 Å². The van der Waals surface area contributed by atoms with Crippen molar-refractivity contribution in [3.63, 3.8) is 0 Å². The monoisotopic (exact) mass is 326 g/mol. The van der Waals surface area contributed by atoms with Gasteiger partial charge in [0, 0.05) is 22.3 Å². The van der Waals surface area contributed by atoms with Crippen molar-refractivity contribution in [3.05, 3.63) is 70.8 Å². The van der Waals surface area contributed by atoms with Gasteiger partial charge < -0.3 is 0 Å². The Morgan fingerprint density at radius 3 is 1.23 bits per heavy atom. The van der Waals surface area contributed by atoms with Crippen LogP contribution in [-0.4, -0.2) is 10.5 Å². The summed E-state index contributed by atoms with van der Waals surface area (Å²) in [5.74, 6) is 11.1. The molecule has 2 aromatic carbocycles. The Kier molecular flexibility index (Phi) is 5.39. The highest BCUT2D eigenvalue weighted by Gasteiger charge is 2.00. The lowest BCUT2D eigenvalue weighted by Gasteiger charge is -1.93. The zero-order valence-corrected chi connectivity index (χ0v) is 12.7. The van der Waals surface area contributed by atoms with Crippen LogP contribution in [0, 0.1) is 23.7 Å². The molecule has 0 bridgehead atoms. The molecule has 22 heavy (non-hydrogen) atoms. The molecule has 0 saturated carbocycles. The van der Waals surface area contributed by atoms with Crippen molar-refractivity contribution < 1.29 is 9.59 Å². The summed E-state index contributed by atoms with van der Waals surface area (Å²) in [4.78, 5) is 21.8. The zero-order valence-electron chi connectivity index (χ0n) is 11.2. The second-order valence-corrected chi connectivity index (χ2v) is 4.89. The van der Waals surface area contributed by atoms with Crippen molar-refractivity contribution >= 4 is 33.7 Å². The number of rotatable bonds is 2. The van der Waals surface area contributed by atoms with Crippen molar-refractivity contribution in [1.82, 2.24) is 0 Å². The lowest BCUT2D eigenvalue weighted by molar-refractivity contribution is 0.107. The van der Waals surface area contributed by atoms with E-state index in [9.17, 15) is 9.59 Å². The Morgan fingerprint density at radius 1 is 0.636 bits per heavy atom. The molecule has 0 fully saturated rings. The summed E-state index contributed by atoms with van der Waals surface area (Å²) in [5.41, 5.74) is 2.32. The van der Waals surface area contributed by atoms with Gasteiger partial charge in [-0.05, 0) is 83.6 Å². The molecule has 2 rings (SSSR count). The van der Waals surface area contributed by atoms with E-state index in [1.165, 1.54) is 0 Å². The molecule has 106 valence electrons. The predicted molar refractivity (Wildman–Crippen MR) is 87.0 cm³/mol. The van der Waals surface area contributed by atoms with Gasteiger partial charge in [-0.25, -0.2) is 0 Å². The lowest BCUT2D eigenvalue weighted by Crippen LogP contribution is -1.87. The average Bonchev–Trinajstić information content (AvgIpc) is 2.52. The number of hydrogen-bond donors (Lipinski definition) is 0. The van der Waals surface area contributed by atoms with Crippen molar-refractivity contribution in [2.24, 2.45) is 0 Å². The van der Waals surface area contributed by atoms with Crippen molar-refractivity contribution in [2.75, 3.05) is 0 Å². The van der Waals surface area contributed by atoms with Crippen molar-refractivity contribution in [3.8, 4) is 23.7 Å². The molecule has 0 radical (unpaired) electrons. The molecule has 0 aromatic heterocycles. The number of halogens is 2. The molecule has 0 heterocycles. The fourth-order valence-electron chi connectivity index (χ4n) is 1.58. The topological polar surface area (TPSA) is 34.1 Å². The van der Waals surface area contributed by atoms with Crippen LogP contribution in [0.15, 0.2) is 48.5 Å². The minimum atomic E-state index is -0.502. The first-order valence-electron chi connectivity index (χ1n) is 6.18. The molecule has 0 aliphatic rings. The third kappa shape index (κ3) is 4.50. The van der Waals surface area contributed by atoms with E-state index in [0.29, 0.717) is 11.1 Å². The summed E-state index contributed by atoms with van der Waals surface area (Å²) >= 11 is 10.7. The highest BCUT2D eigenvalue weighted by molar-refractivity contribution is 6.68. The molecule has 0 unspecified atom stereocenters. The van der Waals surface area contributed by atoms with Crippen LogP contribution < -0.4 is 0 Å². The SMILES string of the molecule is O=C(Cl)c1ccc(C#CC#Cc2ccc(C(=O)Cl)cc2)cc1. The van der Waals surface area contributed by atoms with Gasteiger partial charge >= 0.3 is 0 Å². The number of hydrogen-bond acceptors (Lipinski definition) is 2. The minimum absolute atomic E-state index is 0.423. The van der Waals surface area contributed by atoms with E-state index in [0.717, 1.165) is 11.1 Å². The van der Waals surface area contributed by atoms with Gasteiger partial charge in [0.25, 0.3) is 10.5 Å². The number of carbonyl (C=O) groups excluding carboxylic acids is 2. The molecular formula is C18H8Cl2O2. The summed E-state index contributed by atoms with van der Waals surface area (Å²) in [6.45, 7) is 0. The quantitative estimate of drug-likeness (QED) is 0.620. The normalized spacial score (nSPS) is 9.00. The van der Waals surface area contributed by atoms with Crippen LogP contribution in [0.4, 0.5) is 0 Å². The lowest BCUT2D eigenvalue weighted by atomic mass is 10.1. The summed E-state index contributed by atoms with van der Waals surface area (Å²) in [6, 6.07) is 13.2. The van der Waals surface area contributed by atoms with E-state index in [2.05, 4.69) is 23.7 Å². The average molecular weight is 327 g/mol. The Bertz CT molecular complexity index is 754. The van der Waals surface area contributed by atoms with E-state index >= 15 is 0 Å². The second kappa shape index (κ2) is 7.48. The van der Waals surface area contributed by atoms with E-state index in [1.54, 1.807) is 48.5 Å². The summed E-state index contributed by atoms with van der Waals surface area (Å²) < 4.78 is 0.